The Morgan fingerprint density at radius 2 is 2.27 bits per heavy atom. The largest absolute Gasteiger partial charge is 0.394 e. The number of nitrogens with one attached hydrogen (secondary N) is 1. The molecule has 1 heterocycles. The Kier molecular flexibility index (Phi) is 4.45. The summed E-state index contributed by atoms with van der Waals surface area (Å²) in [5.41, 5.74) is 0.911. The number of aliphatic hydroxyl groups is 1. The highest BCUT2D eigenvalue weighted by atomic mass is 16.3. The van der Waals surface area contributed by atoms with Gasteiger partial charge < -0.3 is 15.3 Å². The SMILES string of the molecule is Cc1ccnc(NC(CO)CN(C)C)n1. The van der Waals surface area contributed by atoms with E-state index in [1.807, 2.05) is 32.0 Å². The first kappa shape index (κ1) is 11.9. The molecule has 1 unspecified atom stereocenters. The van der Waals surface area contributed by atoms with Crippen LogP contribution in [0.4, 0.5) is 5.95 Å². The van der Waals surface area contributed by atoms with Crippen LogP contribution in [-0.4, -0.2) is 53.3 Å². The first-order valence-electron chi connectivity index (χ1n) is 4.93. The number of rotatable bonds is 5. The summed E-state index contributed by atoms with van der Waals surface area (Å²) in [5, 5.41) is 12.2. The van der Waals surface area contributed by atoms with Crippen LogP contribution in [0.2, 0.25) is 0 Å². The molecule has 5 heteroatoms. The first-order valence-corrected chi connectivity index (χ1v) is 4.93. The number of aromatic nitrogens is 2. The predicted molar refractivity (Wildman–Crippen MR) is 59.8 cm³/mol. The molecule has 15 heavy (non-hydrogen) atoms. The molecule has 0 fully saturated rings. The molecule has 0 spiro atoms. The zero-order chi connectivity index (χ0) is 11.3. The first-order chi connectivity index (χ1) is 7.11. The summed E-state index contributed by atoms with van der Waals surface area (Å²) in [4.78, 5) is 10.3. The van der Waals surface area contributed by atoms with Crippen LogP contribution in [0.25, 0.3) is 0 Å². The van der Waals surface area contributed by atoms with Gasteiger partial charge in [-0.25, -0.2) is 9.97 Å². The van der Waals surface area contributed by atoms with Crippen molar-refractivity contribution in [1.82, 2.24) is 14.9 Å². The molecule has 0 radical (unpaired) electrons. The number of aliphatic hydroxyl groups excluding tert-OH is 1. The second-order valence-corrected chi connectivity index (χ2v) is 3.81. The highest BCUT2D eigenvalue weighted by molar-refractivity contribution is 5.26. The Labute approximate surface area is 90.2 Å². The highest BCUT2D eigenvalue weighted by Gasteiger charge is 2.09. The standard InChI is InChI=1S/C10H18N4O/c1-8-4-5-11-10(12-8)13-9(7-15)6-14(2)3/h4-5,9,15H,6-7H2,1-3H3,(H,11,12,13). The minimum absolute atomic E-state index is 0.0400. The topological polar surface area (TPSA) is 61.3 Å². The molecule has 1 aromatic heterocycles. The molecule has 0 aliphatic carbocycles. The summed E-state index contributed by atoms with van der Waals surface area (Å²) in [7, 11) is 3.92. The zero-order valence-electron chi connectivity index (χ0n) is 9.44. The van der Waals surface area contributed by atoms with Gasteiger partial charge in [0.05, 0.1) is 12.6 Å². The van der Waals surface area contributed by atoms with E-state index in [1.54, 1.807) is 6.20 Å². The lowest BCUT2D eigenvalue weighted by Gasteiger charge is -2.20. The maximum absolute atomic E-state index is 9.16. The Balaban J connectivity index is 2.58. The molecular weight excluding hydrogens is 192 g/mol. The van der Waals surface area contributed by atoms with Gasteiger partial charge in [0.1, 0.15) is 0 Å². The molecule has 1 aromatic rings. The molecule has 1 atom stereocenters. The molecule has 0 bridgehead atoms. The quantitative estimate of drug-likeness (QED) is 0.723. The van der Waals surface area contributed by atoms with Crippen LogP contribution in [0.3, 0.4) is 0 Å². The van der Waals surface area contributed by atoms with Gasteiger partial charge in [-0.2, -0.15) is 0 Å². The molecule has 84 valence electrons. The maximum atomic E-state index is 9.16. The summed E-state index contributed by atoms with van der Waals surface area (Å²) in [6.07, 6.45) is 1.70. The fraction of sp³-hybridized carbons (Fsp3) is 0.600. The summed E-state index contributed by atoms with van der Waals surface area (Å²) in [5.74, 6) is 0.566. The fourth-order valence-electron chi connectivity index (χ4n) is 1.29. The number of hydrogen-bond acceptors (Lipinski definition) is 5. The van der Waals surface area contributed by atoms with Crippen LogP contribution >= 0.6 is 0 Å². The Bertz CT molecular complexity index is 303. The van der Waals surface area contributed by atoms with Gasteiger partial charge in [0.15, 0.2) is 0 Å². The third-order valence-corrected chi connectivity index (χ3v) is 1.93. The zero-order valence-corrected chi connectivity index (χ0v) is 9.44. The van der Waals surface area contributed by atoms with E-state index in [1.165, 1.54) is 0 Å². The van der Waals surface area contributed by atoms with Crippen molar-refractivity contribution in [2.24, 2.45) is 0 Å². The van der Waals surface area contributed by atoms with Crippen molar-refractivity contribution in [3.8, 4) is 0 Å². The van der Waals surface area contributed by atoms with Crippen molar-refractivity contribution in [2.75, 3.05) is 32.6 Å². The molecule has 5 nitrogen and oxygen atoms in total. The normalized spacial score (nSPS) is 12.9. The summed E-state index contributed by atoms with van der Waals surface area (Å²) >= 11 is 0. The Morgan fingerprint density at radius 3 is 2.80 bits per heavy atom. The molecule has 0 aliphatic rings. The summed E-state index contributed by atoms with van der Waals surface area (Å²) in [6.45, 7) is 2.72. The van der Waals surface area contributed by atoms with Crippen LogP contribution < -0.4 is 5.32 Å². The molecule has 0 amide bonds. The number of hydrogen-bond donors (Lipinski definition) is 2. The van der Waals surface area contributed by atoms with Gasteiger partial charge in [-0.1, -0.05) is 0 Å². The van der Waals surface area contributed by atoms with Gasteiger partial charge in [0, 0.05) is 18.4 Å². The Morgan fingerprint density at radius 1 is 1.53 bits per heavy atom. The van der Waals surface area contributed by atoms with E-state index in [0.29, 0.717) is 5.95 Å². The minimum Gasteiger partial charge on any atom is -0.394 e. The van der Waals surface area contributed by atoms with E-state index in [0.717, 1.165) is 12.2 Å². The number of aryl methyl sites for hydroxylation is 1. The van der Waals surface area contributed by atoms with E-state index >= 15 is 0 Å². The molecule has 2 N–H and O–H groups in total. The fourth-order valence-corrected chi connectivity index (χ4v) is 1.29. The van der Waals surface area contributed by atoms with Crippen molar-refractivity contribution in [3.05, 3.63) is 18.0 Å². The smallest absolute Gasteiger partial charge is 0.223 e. The van der Waals surface area contributed by atoms with Crippen molar-refractivity contribution in [3.63, 3.8) is 0 Å². The van der Waals surface area contributed by atoms with E-state index in [-0.39, 0.29) is 12.6 Å². The van der Waals surface area contributed by atoms with Crippen molar-refractivity contribution in [2.45, 2.75) is 13.0 Å². The lowest BCUT2D eigenvalue weighted by Crippen LogP contribution is -2.35. The summed E-state index contributed by atoms with van der Waals surface area (Å²) < 4.78 is 0. The second-order valence-electron chi connectivity index (χ2n) is 3.81. The van der Waals surface area contributed by atoms with E-state index in [9.17, 15) is 0 Å². The minimum atomic E-state index is -0.0400. The molecule has 0 saturated carbocycles. The highest BCUT2D eigenvalue weighted by Crippen LogP contribution is 2.01. The van der Waals surface area contributed by atoms with Crippen LogP contribution in [0.5, 0.6) is 0 Å². The average Bonchev–Trinajstić information content (AvgIpc) is 2.16. The monoisotopic (exact) mass is 210 g/mol. The van der Waals surface area contributed by atoms with Gasteiger partial charge in [0.25, 0.3) is 0 Å². The molecule has 0 aromatic carbocycles. The number of likely N-dealkylation sites (N-methyl/N-ethyl adjacent to an activating group) is 1. The van der Waals surface area contributed by atoms with E-state index < -0.39 is 0 Å². The number of anilines is 1. The third kappa shape index (κ3) is 4.22. The predicted octanol–water partition coefficient (Wildman–Crippen LogP) is 0.119. The molecule has 0 aliphatic heterocycles. The van der Waals surface area contributed by atoms with Crippen LogP contribution in [0.15, 0.2) is 12.3 Å². The molecule has 1 rings (SSSR count). The second kappa shape index (κ2) is 5.63. The molecular formula is C10H18N4O. The van der Waals surface area contributed by atoms with E-state index in [4.69, 9.17) is 5.11 Å². The van der Waals surface area contributed by atoms with Gasteiger partial charge in [-0.15, -0.1) is 0 Å². The van der Waals surface area contributed by atoms with E-state index in [2.05, 4.69) is 15.3 Å². The average molecular weight is 210 g/mol. The molecule has 0 saturated heterocycles. The third-order valence-electron chi connectivity index (χ3n) is 1.93. The van der Waals surface area contributed by atoms with Crippen LogP contribution in [0, 0.1) is 6.92 Å². The lowest BCUT2D eigenvalue weighted by atomic mass is 10.3. The van der Waals surface area contributed by atoms with Gasteiger partial charge in [-0.3, -0.25) is 0 Å². The van der Waals surface area contributed by atoms with Gasteiger partial charge in [0.2, 0.25) is 5.95 Å². The van der Waals surface area contributed by atoms with Gasteiger partial charge in [-0.05, 0) is 27.1 Å². The van der Waals surface area contributed by atoms with Crippen LogP contribution in [0.1, 0.15) is 5.69 Å². The van der Waals surface area contributed by atoms with Crippen molar-refractivity contribution < 1.29 is 5.11 Å². The maximum Gasteiger partial charge on any atom is 0.223 e. The number of nitrogens with zero attached hydrogens (tertiary/aromatic N) is 3. The van der Waals surface area contributed by atoms with Gasteiger partial charge >= 0.3 is 0 Å². The lowest BCUT2D eigenvalue weighted by molar-refractivity contribution is 0.245. The van der Waals surface area contributed by atoms with Crippen LogP contribution in [-0.2, 0) is 0 Å². The van der Waals surface area contributed by atoms with Crippen molar-refractivity contribution >= 4 is 5.95 Å². The van der Waals surface area contributed by atoms with Crippen molar-refractivity contribution in [1.29, 1.82) is 0 Å². The Hall–Kier alpha value is -1.20. The summed E-state index contributed by atoms with van der Waals surface area (Å²) in [6, 6.07) is 1.80.